The smallest absolute Gasteiger partial charge is 0.317 e. The topological polar surface area (TPSA) is 63.1 Å². The number of urea groups is 1. The maximum Gasteiger partial charge on any atom is 0.317 e. The van der Waals surface area contributed by atoms with E-state index in [2.05, 4.69) is 16.4 Å². The van der Waals surface area contributed by atoms with E-state index >= 15 is 0 Å². The minimum atomic E-state index is -0.271. The average Bonchev–Trinajstić information content (AvgIpc) is 3.19. The van der Waals surface area contributed by atoms with Crippen molar-refractivity contribution in [3.63, 3.8) is 0 Å². The van der Waals surface area contributed by atoms with Gasteiger partial charge in [-0.05, 0) is 43.7 Å². The van der Waals surface area contributed by atoms with Crippen LogP contribution in [0.1, 0.15) is 19.0 Å². The molecule has 7 heteroatoms. The van der Waals surface area contributed by atoms with Gasteiger partial charge in [-0.1, -0.05) is 0 Å². The molecule has 0 unspecified atom stereocenters. The monoisotopic (exact) mass is 365 g/mol. The molecule has 2 aliphatic heterocycles. The summed E-state index contributed by atoms with van der Waals surface area (Å²) in [6.07, 6.45) is 2.79. The van der Waals surface area contributed by atoms with Crippen molar-refractivity contribution in [3.05, 3.63) is 48.0 Å². The quantitative estimate of drug-likeness (QED) is 0.760. The zero-order valence-corrected chi connectivity index (χ0v) is 15.1. The van der Waals surface area contributed by atoms with Gasteiger partial charge < -0.3 is 10.2 Å². The Labute approximate surface area is 156 Å². The van der Waals surface area contributed by atoms with Crippen LogP contribution >= 0.6 is 0 Å². The molecular formula is C20H20FN5O. The number of fused-ring (bicyclic) bond motifs is 3. The van der Waals surface area contributed by atoms with Crippen LogP contribution in [-0.2, 0) is 12.0 Å². The van der Waals surface area contributed by atoms with E-state index in [-0.39, 0.29) is 17.3 Å². The van der Waals surface area contributed by atoms with Gasteiger partial charge in [0, 0.05) is 54.4 Å². The third-order valence-electron chi connectivity index (χ3n) is 5.67. The van der Waals surface area contributed by atoms with E-state index in [1.165, 1.54) is 17.8 Å². The lowest BCUT2D eigenvalue weighted by Gasteiger charge is -2.47. The van der Waals surface area contributed by atoms with Gasteiger partial charge in [0.2, 0.25) is 0 Å². The van der Waals surface area contributed by atoms with Crippen molar-refractivity contribution in [2.24, 2.45) is 0 Å². The van der Waals surface area contributed by atoms with Gasteiger partial charge in [0.05, 0.1) is 11.2 Å². The number of amides is 2. The normalized spacial score (nSPS) is 17.2. The highest BCUT2D eigenvalue weighted by Crippen LogP contribution is 2.43. The van der Waals surface area contributed by atoms with E-state index in [1.54, 1.807) is 12.3 Å². The summed E-state index contributed by atoms with van der Waals surface area (Å²) >= 11 is 0. The van der Waals surface area contributed by atoms with Crippen LogP contribution in [0, 0.1) is 5.82 Å². The molecule has 6 nitrogen and oxygen atoms in total. The van der Waals surface area contributed by atoms with Crippen LogP contribution in [0.2, 0.25) is 0 Å². The Hall–Kier alpha value is -2.96. The summed E-state index contributed by atoms with van der Waals surface area (Å²) in [6.45, 7) is 4.87. The first-order valence-corrected chi connectivity index (χ1v) is 9.25. The first-order chi connectivity index (χ1) is 13.1. The van der Waals surface area contributed by atoms with Gasteiger partial charge in [-0.3, -0.25) is 9.67 Å². The molecule has 1 N–H and O–H groups in total. The number of aromatic nitrogens is 3. The molecule has 0 saturated carbocycles. The molecule has 2 amide bonds. The van der Waals surface area contributed by atoms with E-state index < -0.39 is 0 Å². The number of carbonyl (C=O) groups is 1. The first kappa shape index (κ1) is 16.2. The van der Waals surface area contributed by atoms with Crippen molar-refractivity contribution in [1.82, 2.24) is 25.0 Å². The lowest BCUT2D eigenvalue weighted by molar-refractivity contribution is 0.0925. The average molecular weight is 365 g/mol. The van der Waals surface area contributed by atoms with Gasteiger partial charge in [-0.2, -0.15) is 5.10 Å². The molecule has 1 spiro atoms. The molecule has 4 heterocycles. The van der Waals surface area contributed by atoms with E-state index in [4.69, 9.17) is 5.10 Å². The van der Waals surface area contributed by atoms with Crippen molar-refractivity contribution >= 4 is 16.9 Å². The third-order valence-corrected chi connectivity index (χ3v) is 5.67. The molecule has 1 fully saturated rings. The number of carbonyl (C=O) groups excluding carboxylic acids is 1. The molecule has 2 aromatic heterocycles. The summed E-state index contributed by atoms with van der Waals surface area (Å²) in [5, 5.41) is 8.36. The van der Waals surface area contributed by atoms with Gasteiger partial charge in [0.1, 0.15) is 5.82 Å². The van der Waals surface area contributed by atoms with Crippen LogP contribution < -0.4 is 5.32 Å². The molecule has 27 heavy (non-hydrogen) atoms. The predicted molar refractivity (Wildman–Crippen MR) is 99.9 cm³/mol. The van der Waals surface area contributed by atoms with Gasteiger partial charge >= 0.3 is 6.03 Å². The molecule has 0 bridgehead atoms. The Kier molecular flexibility index (Phi) is 3.47. The predicted octanol–water partition coefficient (Wildman–Crippen LogP) is 2.92. The molecule has 0 atom stereocenters. The zero-order chi connectivity index (χ0) is 18.6. The number of hydrogen-bond donors (Lipinski definition) is 1. The minimum absolute atomic E-state index is 0.00192. The number of benzene rings is 1. The van der Waals surface area contributed by atoms with E-state index in [9.17, 15) is 9.18 Å². The highest BCUT2D eigenvalue weighted by Gasteiger charge is 2.51. The maximum atomic E-state index is 13.5. The number of hydrogen-bond acceptors (Lipinski definition) is 3. The number of likely N-dealkylation sites (tertiary alicyclic amines) is 1. The summed E-state index contributed by atoms with van der Waals surface area (Å²) in [4.78, 5) is 18.3. The lowest BCUT2D eigenvalue weighted by atomic mass is 9.76. The standard InChI is InChI=1S/C20H20FN5O/c1-2-22-19(27)25-11-20(12-25)5-6-26-18(20)9-17(24-26)14-7-13-8-15(21)3-4-16(13)23-10-14/h3-4,7-10H,2,5-6,11-12H2,1H3,(H,22,27). The Balaban J connectivity index is 1.44. The van der Waals surface area contributed by atoms with Crippen molar-refractivity contribution in [3.8, 4) is 11.3 Å². The molecule has 5 rings (SSSR count). The molecule has 0 radical (unpaired) electrons. The SMILES string of the molecule is CCNC(=O)N1CC2(CCn3nc(-c4cnc5ccc(F)cc5c4)cc32)C1. The summed E-state index contributed by atoms with van der Waals surface area (Å²) in [5.41, 5.74) is 3.67. The van der Waals surface area contributed by atoms with E-state index in [0.717, 1.165) is 48.2 Å². The Morgan fingerprint density at radius 3 is 2.96 bits per heavy atom. The molecule has 138 valence electrons. The first-order valence-electron chi connectivity index (χ1n) is 9.25. The molecule has 3 aromatic rings. The fraction of sp³-hybridized carbons (Fsp3) is 0.350. The molecule has 1 saturated heterocycles. The maximum absolute atomic E-state index is 13.5. The second-order valence-corrected chi connectivity index (χ2v) is 7.42. The van der Waals surface area contributed by atoms with Crippen molar-refractivity contribution in [2.75, 3.05) is 19.6 Å². The molecule has 2 aliphatic rings. The summed E-state index contributed by atoms with van der Waals surface area (Å²) in [7, 11) is 0. The molecule has 0 aliphatic carbocycles. The van der Waals surface area contributed by atoms with Gasteiger partial charge in [0.25, 0.3) is 0 Å². The number of rotatable bonds is 2. The van der Waals surface area contributed by atoms with Crippen LogP contribution in [0.5, 0.6) is 0 Å². The van der Waals surface area contributed by atoms with E-state index in [0.29, 0.717) is 6.54 Å². The van der Waals surface area contributed by atoms with Gasteiger partial charge in [-0.15, -0.1) is 0 Å². The zero-order valence-electron chi connectivity index (χ0n) is 15.1. The number of pyridine rings is 1. The Morgan fingerprint density at radius 1 is 1.30 bits per heavy atom. The van der Waals surface area contributed by atoms with Crippen LogP contribution in [-0.4, -0.2) is 45.3 Å². The fourth-order valence-corrected chi connectivity index (χ4v) is 4.26. The number of halogens is 1. The lowest BCUT2D eigenvalue weighted by Crippen LogP contribution is -2.62. The second-order valence-electron chi connectivity index (χ2n) is 7.42. The van der Waals surface area contributed by atoms with Gasteiger partial charge in [-0.25, -0.2) is 9.18 Å². The summed E-state index contributed by atoms with van der Waals surface area (Å²) in [5.74, 6) is -0.271. The van der Waals surface area contributed by atoms with Crippen molar-refractivity contribution < 1.29 is 9.18 Å². The van der Waals surface area contributed by atoms with Crippen LogP contribution in [0.4, 0.5) is 9.18 Å². The highest BCUT2D eigenvalue weighted by molar-refractivity contribution is 5.83. The highest BCUT2D eigenvalue weighted by atomic mass is 19.1. The fourth-order valence-electron chi connectivity index (χ4n) is 4.26. The van der Waals surface area contributed by atoms with E-state index in [1.807, 2.05) is 22.6 Å². The van der Waals surface area contributed by atoms with Crippen LogP contribution in [0.3, 0.4) is 0 Å². The minimum Gasteiger partial charge on any atom is -0.338 e. The van der Waals surface area contributed by atoms with Crippen molar-refractivity contribution in [2.45, 2.75) is 25.3 Å². The number of nitrogens with one attached hydrogen (secondary N) is 1. The van der Waals surface area contributed by atoms with Crippen LogP contribution in [0.25, 0.3) is 22.2 Å². The summed E-state index contributed by atoms with van der Waals surface area (Å²) < 4.78 is 15.6. The second kappa shape index (κ2) is 5.77. The third kappa shape index (κ3) is 2.49. The molecule has 1 aromatic carbocycles. The molecular weight excluding hydrogens is 345 g/mol. The largest absolute Gasteiger partial charge is 0.338 e. The number of nitrogens with zero attached hydrogens (tertiary/aromatic N) is 4. The van der Waals surface area contributed by atoms with Crippen molar-refractivity contribution in [1.29, 1.82) is 0 Å². The number of aryl methyl sites for hydroxylation is 1. The van der Waals surface area contributed by atoms with Gasteiger partial charge in [0.15, 0.2) is 0 Å². The Bertz CT molecular complexity index is 1050. The van der Waals surface area contributed by atoms with Crippen LogP contribution in [0.15, 0.2) is 36.5 Å². The Morgan fingerprint density at radius 2 is 2.15 bits per heavy atom. The summed E-state index contributed by atoms with van der Waals surface area (Å²) in [6, 6.07) is 8.62.